The molecule has 3 saturated heterocycles. The molecular formula is C13H17NO3. The standard InChI is InChI=1S/C13H17NO3/c15-10-7-13-8(6-12(16)17-13)5-9(10)14-4-2-1-3-11(13)14/h6,9-11,15H,1-5,7H2/t9-,10-,11-,13+/m1/s1. The van der Waals surface area contributed by atoms with Gasteiger partial charge in [0.15, 0.2) is 5.60 Å². The number of carbonyl (C=O) groups excluding carboxylic acids is 1. The van der Waals surface area contributed by atoms with E-state index in [1.807, 2.05) is 0 Å². The van der Waals surface area contributed by atoms with Crippen LogP contribution >= 0.6 is 0 Å². The predicted molar refractivity (Wildman–Crippen MR) is 60.3 cm³/mol. The second-order valence-electron chi connectivity index (χ2n) is 5.77. The molecule has 1 saturated carbocycles. The van der Waals surface area contributed by atoms with Gasteiger partial charge >= 0.3 is 5.97 Å². The van der Waals surface area contributed by atoms with Crippen molar-refractivity contribution < 1.29 is 14.6 Å². The molecule has 0 aromatic heterocycles. The molecule has 2 bridgehead atoms. The first-order valence-corrected chi connectivity index (χ1v) is 6.58. The van der Waals surface area contributed by atoms with E-state index in [1.165, 1.54) is 12.8 Å². The summed E-state index contributed by atoms with van der Waals surface area (Å²) >= 11 is 0. The minimum atomic E-state index is -0.480. The second kappa shape index (κ2) is 3.12. The number of fused-ring (bicyclic) bond motifs is 1. The molecule has 0 amide bonds. The number of aliphatic hydroxyl groups excluding tert-OH is 1. The van der Waals surface area contributed by atoms with Gasteiger partial charge in [-0.25, -0.2) is 4.79 Å². The number of piperidine rings is 3. The van der Waals surface area contributed by atoms with Gasteiger partial charge in [-0.1, -0.05) is 6.42 Å². The van der Waals surface area contributed by atoms with Crippen LogP contribution in [0.5, 0.6) is 0 Å². The maximum atomic E-state index is 11.6. The first kappa shape index (κ1) is 10.1. The van der Waals surface area contributed by atoms with E-state index in [1.54, 1.807) is 6.08 Å². The van der Waals surface area contributed by atoms with E-state index in [-0.39, 0.29) is 18.1 Å². The number of nitrogens with zero attached hydrogens (tertiary/aromatic N) is 1. The summed E-state index contributed by atoms with van der Waals surface area (Å²) in [5.74, 6) is -0.208. The van der Waals surface area contributed by atoms with E-state index in [0.717, 1.165) is 25.0 Å². The molecule has 0 aromatic rings. The van der Waals surface area contributed by atoms with E-state index in [4.69, 9.17) is 4.74 Å². The summed E-state index contributed by atoms with van der Waals surface area (Å²) in [7, 11) is 0. The first-order valence-electron chi connectivity index (χ1n) is 6.58. The van der Waals surface area contributed by atoms with E-state index in [0.29, 0.717) is 12.5 Å². The summed E-state index contributed by atoms with van der Waals surface area (Å²) in [6.07, 6.45) is 6.24. The summed E-state index contributed by atoms with van der Waals surface area (Å²) in [6.45, 7) is 1.04. The highest BCUT2D eigenvalue weighted by molar-refractivity contribution is 5.87. The normalized spacial score (nSPS) is 48.4. The van der Waals surface area contributed by atoms with E-state index >= 15 is 0 Å². The summed E-state index contributed by atoms with van der Waals surface area (Å²) in [4.78, 5) is 14.0. The van der Waals surface area contributed by atoms with Gasteiger partial charge in [0.25, 0.3) is 0 Å². The lowest BCUT2D eigenvalue weighted by molar-refractivity contribution is -0.188. The van der Waals surface area contributed by atoms with Crippen LogP contribution in [-0.4, -0.2) is 46.3 Å². The molecule has 4 heteroatoms. The highest BCUT2D eigenvalue weighted by atomic mass is 16.6. The molecule has 4 heterocycles. The molecule has 4 fully saturated rings. The molecule has 0 aromatic carbocycles. The van der Waals surface area contributed by atoms with E-state index in [9.17, 15) is 9.90 Å². The third-order valence-electron chi connectivity index (χ3n) is 5.01. The Morgan fingerprint density at radius 1 is 1.47 bits per heavy atom. The van der Waals surface area contributed by atoms with Crippen molar-refractivity contribution in [1.29, 1.82) is 0 Å². The number of aliphatic hydroxyl groups is 1. The molecular weight excluding hydrogens is 218 g/mol. The lowest BCUT2D eigenvalue weighted by atomic mass is 9.64. The molecule has 1 N–H and O–H groups in total. The second-order valence-corrected chi connectivity index (χ2v) is 5.77. The summed E-state index contributed by atoms with van der Waals surface area (Å²) in [5, 5.41) is 10.2. The van der Waals surface area contributed by atoms with Crippen molar-refractivity contribution in [1.82, 2.24) is 4.90 Å². The van der Waals surface area contributed by atoms with Crippen LogP contribution in [0.4, 0.5) is 0 Å². The van der Waals surface area contributed by atoms with Gasteiger partial charge in [-0.3, -0.25) is 4.90 Å². The molecule has 5 aliphatic rings. The first-order chi connectivity index (χ1) is 8.21. The Balaban J connectivity index is 1.82. The highest BCUT2D eigenvalue weighted by Gasteiger charge is 2.62. The maximum Gasteiger partial charge on any atom is 0.331 e. The summed E-state index contributed by atoms with van der Waals surface area (Å²) < 4.78 is 5.65. The van der Waals surface area contributed by atoms with Crippen LogP contribution in [0.25, 0.3) is 0 Å². The predicted octanol–water partition coefficient (Wildman–Crippen LogP) is 0.600. The zero-order chi connectivity index (χ0) is 11.6. The zero-order valence-corrected chi connectivity index (χ0v) is 9.76. The molecule has 4 aliphatic heterocycles. The van der Waals surface area contributed by atoms with Gasteiger partial charge in [-0.05, 0) is 31.4 Å². The molecule has 5 rings (SSSR count). The molecule has 4 atom stereocenters. The van der Waals surface area contributed by atoms with Gasteiger partial charge in [0.05, 0.1) is 12.1 Å². The Morgan fingerprint density at radius 2 is 2.35 bits per heavy atom. The Hall–Kier alpha value is -0.870. The third kappa shape index (κ3) is 1.13. The largest absolute Gasteiger partial charge is 0.450 e. The molecule has 92 valence electrons. The quantitative estimate of drug-likeness (QED) is 0.625. The van der Waals surface area contributed by atoms with Gasteiger partial charge in [-0.2, -0.15) is 0 Å². The number of rotatable bonds is 0. The lowest BCUT2D eigenvalue weighted by Crippen LogP contribution is -2.71. The highest BCUT2D eigenvalue weighted by Crippen LogP contribution is 2.53. The van der Waals surface area contributed by atoms with Crippen LogP contribution in [0.15, 0.2) is 11.6 Å². The fourth-order valence-electron chi connectivity index (χ4n) is 4.36. The third-order valence-corrected chi connectivity index (χ3v) is 5.01. The smallest absolute Gasteiger partial charge is 0.331 e. The van der Waals surface area contributed by atoms with E-state index in [2.05, 4.69) is 4.90 Å². The van der Waals surface area contributed by atoms with Crippen molar-refractivity contribution in [3.05, 3.63) is 11.6 Å². The molecule has 17 heavy (non-hydrogen) atoms. The number of ether oxygens (including phenoxy) is 1. The lowest BCUT2D eigenvalue weighted by Gasteiger charge is -2.60. The SMILES string of the molecule is O=C1C=C2C[C@@H]3[C@H](O)C[C@@]2(O1)[C@H]1CCCCN31. The van der Waals surface area contributed by atoms with Gasteiger partial charge in [0.1, 0.15) is 0 Å². The maximum absolute atomic E-state index is 11.6. The number of hydrogen-bond donors (Lipinski definition) is 1. The van der Waals surface area contributed by atoms with Crippen LogP contribution < -0.4 is 0 Å². The van der Waals surface area contributed by atoms with Crippen molar-refractivity contribution >= 4 is 5.97 Å². The Kier molecular flexibility index (Phi) is 1.85. The number of esters is 1. The zero-order valence-electron chi connectivity index (χ0n) is 9.76. The number of carbonyl (C=O) groups is 1. The number of hydrogen-bond acceptors (Lipinski definition) is 4. The molecule has 1 spiro atoms. The van der Waals surface area contributed by atoms with Crippen LogP contribution in [0.3, 0.4) is 0 Å². The monoisotopic (exact) mass is 235 g/mol. The summed E-state index contributed by atoms with van der Waals surface area (Å²) in [6, 6.07) is 0.527. The van der Waals surface area contributed by atoms with Crippen LogP contribution in [0.1, 0.15) is 32.1 Å². The fourth-order valence-corrected chi connectivity index (χ4v) is 4.36. The molecule has 0 radical (unpaired) electrons. The Bertz CT molecular complexity index is 419. The topological polar surface area (TPSA) is 49.8 Å². The minimum absolute atomic E-state index is 0.208. The summed E-state index contributed by atoms with van der Waals surface area (Å²) in [5.41, 5.74) is 0.659. The average Bonchev–Trinajstić information content (AvgIpc) is 2.64. The van der Waals surface area contributed by atoms with Crippen molar-refractivity contribution in [3.8, 4) is 0 Å². The van der Waals surface area contributed by atoms with Crippen molar-refractivity contribution in [2.24, 2.45) is 0 Å². The van der Waals surface area contributed by atoms with Gasteiger partial charge in [-0.15, -0.1) is 0 Å². The van der Waals surface area contributed by atoms with Crippen molar-refractivity contribution in [2.45, 2.75) is 55.9 Å². The van der Waals surface area contributed by atoms with Crippen LogP contribution in [0, 0.1) is 0 Å². The fraction of sp³-hybridized carbons (Fsp3) is 0.769. The molecule has 1 aliphatic carbocycles. The van der Waals surface area contributed by atoms with Gasteiger partial charge < -0.3 is 9.84 Å². The average molecular weight is 235 g/mol. The van der Waals surface area contributed by atoms with Gasteiger partial charge in [0.2, 0.25) is 0 Å². The minimum Gasteiger partial charge on any atom is -0.450 e. The Labute approximate surface area is 100 Å². The van der Waals surface area contributed by atoms with Crippen molar-refractivity contribution in [2.75, 3.05) is 6.54 Å². The Morgan fingerprint density at radius 3 is 3.24 bits per heavy atom. The van der Waals surface area contributed by atoms with Crippen molar-refractivity contribution in [3.63, 3.8) is 0 Å². The molecule has 4 nitrogen and oxygen atoms in total. The van der Waals surface area contributed by atoms with Crippen LogP contribution in [0.2, 0.25) is 0 Å². The van der Waals surface area contributed by atoms with Crippen LogP contribution in [-0.2, 0) is 9.53 Å². The molecule has 0 unspecified atom stereocenters. The van der Waals surface area contributed by atoms with Gasteiger partial charge in [0, 0.05) is 18.5 Å². The van der Waals surface area contributed by atoms with E-state index < -0.39 is 5.60 Å².